The minimum atomic E-state index is 0.718. The maximum Gasteiger partial charge on any atom is 0.211 e. The molecule has 0 aliphatic carbocycles. The molecular formula is C20H17N3O2S2. The molecule has 0 amide bonds. The first-order valence-corrected chi connectivity index (χ1v) is 10.0. The zero-order valence-electron chi connectivity index (χ0n) is 14.8. The van der Waals surface area contributed by atoms with Gasteiger partial charge in [-0.25, -0.2) is 9.67 Å². The van der Waals surface area contributed by atoms with Crippen LogP contribution in [0.1, 0.15) is 10.4 Å². The van der Waals surface area contributed by atoms with Crippen molar-refractivity contribution in [1.82, 2.24) is 4.68 Å². The predicted molar refractivity (Wildman–Crippen MR) is 110 cm³/mol. The van der Waals surface area contributed by atoms with E-state index >= 15 is 0 Å². The Labute approximate surface area is 164 Å². The first-order valence-electron chi connectivity index (χ1n) is 8.27. The van der Waals surface area contributed by atoms with Gasteiger partial charge >= 0.3 is 0 Å². The quantitative estimate of drug-likeness (QED) is 0.430. The molecule has 0 unspecified atom stereocenters. The van der Waals surface area contributed by atoms with Gasteiger partial charge < -0.3 is 9.15 Å². The van der Waals surface area contributed by atoms with Gasteiger partial charge in [-0.05, 0) is 48.2 Å². The van der Waals surface area contributed by atoms with Crippen LogP contribution >= 0.6 is 22.7 Å². The predicted octanol–water partition coefficient (Wildman–Crippen LogP) is 5.30. The second kappa shape index (κ2) is 7.77. The molecule has 0 atom stereocenters. The number of aromatic nitrogens is 1. The molecule has 0 saturated carbocycles. The zero-order valence-corrected chi connectivity index (χ0v) is 16.5. The van der Waals surface area contributed by atoms with Crippen molar-refractivity contribution < 1.29 is 9.15 Å². The molecule has 0 radical (unpaired) electrons. The number of benzene rings is 1. The van der Waals surface area contributed by atoms with Gasteiger partial charge in [0.25, 0.3) is 0 Å². The second-order valence-corrected chi connectivity index (χ2v) is 7.47. The molecule has 0 fully saturated rings. The number of thiazole rings is 1. The number of ether oxygens (including phenoxy) is 1. The van der Waals surface area contributed by atoms with Crippen LogP contribution in [0.25, 0.3) is 11.5 Å². The van der Waals surface area contributed by atoms with Crippen molar-refractivity contribution in [3.05, 3.63) is 74.7 Å². The molecule has 4 aromatic rings. The summed E-state index contributed by atoms with van der Waals surface area (Å²) in [7, 11) is 1.64. The summed E-state index contributed by atoms with van der Waals surface area (Å²) in [4.78, 5) is 6.62. The Kier molecular flexibility index (Phi) is 5.04. The molecule has 0 spiro atoms. The highest BCUT2D eigenvalue weighted by Gasteiger charge is 2.11. The second-order valence-electron chi connectivity index (χ2n) is 5.69. The molecule has 0 bridgehead atoms. The van der Waals surface area contributed by atoms with Crippen LogP contribution in [0.15, 0.2) is 74.0 Å². The van der Waals surface area contributed by atoms with Crippen LogP contribution < -0.4 is 9.54 Å². The van der Waals surface area contributed by atoms with Crippen molar-refractivity contribution >= 4 is 34.6 Å². The summed E-state index contributed by atoms with van der Waals surface area (Å²) in [5, 5.41) is 8.74. The number of thiophene rings is 1. The van der Waals surface area contributed by atoms with Gasteiger partial charge in [-0.2, -0.15) is 5.10 Å². The summed E-state index contributed by atoms with van der Waals surface area (Å²) < 4.78 is 12.8. The summed E-state index contributed by atoms with van der Waals surface area (Å²) in [6.07, 6.45) is 3.52. The third kappa shape index (κ3) is 3.65. The van der Waals surface area contributed by atoms with Crippen LogP contribution in [0.2, 0.25) is 0 Å². The Balaban J connectivity index is 1.86. The van der Waals surface area contributed by atoms with Gasteiger partial charge in [0.1, 0.15) is 17.1 Å². The van der Waals surface area contributed by atoms with Gasteiger partial charge in [-0.1, -0.05) is 12.1 Å². The molecule has 27 heavy (non-hydrogen) atoms. The summed E-state index contributed by atoms with van der Waals surface area (Å²) in [6.45, 7) is 2.07. The maximum atomic E-state index is 5.58. The van der Waals surface area contributed by atoms with Crippen LogP contribution in [0.4, 0.5) is 5.69 Å². The molecule has 0 aliphatic heterocycles. The van der Waals surface area contributed by atoms with Gasteiger partial charge in [0.05, 0.1) is 24.5 Å². The summed E-state index contributed by atoms with van der Waals surface area (Å²) in [6, 6.07) is 13.5. The fraction of sp³-hybridized carbons (Fsp3) is 0.100. The number of hydrogen-bond acceptors (Lipinski definition) is 6. The first-order chi connectivity index (χ1) is 13.3. The fourth-order valence-electron chi connectivity index (χ4n) is 2.54. The number of furan rings is 1. The molecule has 5 nitrogen and oxygen atoms in total. The van der Waals surface area contributed by atoms with Crippen molar-refractivity contribution in [1.29, 1.82) is 0 Å². The molecule has 0 aliphatic rings. The van der Waals surface area contributed by atoms with Crippen LogP contribution in [0, 0.1) is 6.92 Å². The number of hydrogen-bond donors (Lipinski definition) is 0. The molecule has 3 heterocycles. The van der Waals surface area contributed by atoms with E-state index in [0.717, 1.165) is 32.6 Å². The lowest BCUT2D eigenvalue weighted by atomic mass is 10.3. The van der Waals surface area contributed by atoms with Crippen LogP contribution in [0.5, 0.6) is 5.75 Å². The SMILES string of the molecule is COc1ccccc1N=c1scc(-c2ccco2)n1N=Cc1sccc1C. The van der Waals surface area contributed by atoms with Crippen molar-refractivity contribution in [3.8, 4) is 17.2 Å². The molecule has 136 valence electrons. The van der Waals surface area contributed by atoms with E-state index in [2.05, 4.69) is 18.4 Å². The molecule has 7 heteroatoms. The van der Waals surface area contributed by atoms with Gasteiger partial charge in [0, 0.05) is 5.38 Å². The lowest BCUT2D eigenvalue weighted by Crippen LogP contribution is -2.11. The number of aryl methyl sites for hydroxylation is 1. The lowest BCUT2D eigenvalue weighted by molar-refractivity contribution is 0.416. The van der Waals surface area contributed by atoms with Gasteiger partial charge in [0.2, 0.25) is 4.80 Å². The van der Waals surface area contributed by atoms with E-state index < -0.39 is 0 Å². The number of nitrogens with zero attached hydrogens (tertiary/aromatic N) is 3. The average Bonchev–Trinajstić information content (AvgIpc) is 3.42. The van der Waals surface area contributed by atoms with Crippen LogP contribution in [-0.4, -0.2) is 18.0 Å². The first kappa shape index (κ1) is 17.5. The number of rotatable bonds is 5. The molecule has 0 N–H and O–H groups in total. The topological polar surface area (TPSA) is 52.0 Å². The molecule has 3 aromatic heterocycles. The largest absolute Gasteiger partial charge is 0.494 e. The summed E-state index contributed by atoms with van der Waals surface area (Å²) in [5.74, 6) is 1.46. The monoisotopic (exact) mass is 395 g/mol. The number of para-hydroxylation sites is 2. The zero-order chi connectivity index (χ0) is 18.6. The highest BCUT2D eigenvalue weighted by molar-refractivity contribution is 7.11. The Morgan fingerprint density at radius 3 is 2.74 bits per heavy atom. The van der Waals surface area contributed by atoms with E-state index in [9.17, 15) is 0 Å². The standard InChI is InChI=1S/C20H17N3O2S2/c1-14-9-11-26-19(14)12-21-23-16(18-8-5-10-25-18)13-27-20(23)22-15-6-3-4-7-17(15)24-2/h3-13H,1-2H3. The highest BCUT2D eigenvalue weighted by atomic mass is 32.1. The minimum absolute atomic E-state index is 0.718. The van der Waals surface area contributed by atoms with E-state index in [1.54, 1.807) is 29.4 Å². The van der Waals surface area contributed by atoms with Crippen molar-refractivity contribution in [2.75, 3.05) is 7.11 Å². The normalized spacial score (nSPS) is 12.1. The van der Waals surface area contributed by atoms with Crippen molar-refractivity contribution in [2.45, 2.75) is 6.92 Å². The Bertz CT molecular complexity index is 1130. The smallest absolute Gasteiger partial charge is 0.211 e. The summed E-state index contributed by atoms with van der Waals surface area (Å²) >= 11 is 3.16. The molecule has 0 saturated heterocycles. The Morgan fingerprint density at radius 2 is 2.00 bits per heavy atom. The third-order valence-electron chi connectivity index (χ3n) is 3.95. The lowest BCUT2D eigenvalue weighted by Gasteiger charge is -2.03. The number of methoxy groups -OCH3 is 1. The van der Waals surface area contributed by atoms with Gasteiger partial charge in [0.15, 0.2) is 5.76 Å². The average molecular weight is 396 g/mol. The van der Waals surface area contributed by atoms with Crippen LogP contribution in [-0.2, 0) is 0 Å². The van der Waals surface area contributed by atoms with Gasteiger partial charge in [-0.15, -0.1) is 22.7 Å². The van der Waals surface area contributed by atoms with Crippen molar-refractivity contribution in [2.24, 2.45) is 10.1 Å². The van der Waals surface area contributed by atoms with E-state index in [4.69, 9.17) is 19.2 Å². The van der Waals surface area contributed by atoms with E-state index in [-0.39, 0.29) is 0 Å². The third-order valence-corrected chi connectivity index (χ3v) is 5.72. The molecule has 4 rings (SSSR count). The van der Waals surface area contributed by atoms with Crippen LogP contribution in [0.3, 0.4) is 0 Å². The van der Waals surface area contributed by atoms with E-state index in [1.165, 1.54) is 16.9 Å². The summed E-state index contributed by atoms with van der Waals surface area (Å²) in [5.41, 5.74) is 2.80. The fourth-order valence-corrected chi connectivity index (χ4v) is 4.15. The Hall–Kier alpha value is -2.90. The molecule has 1 aromatic carbocycles. The highest BCUT2D eigenvalue weighted by Crippen LogP contribution is 2.27. The Morgan fingerprint density at radius 1 is 1.11 bits per heavy atom. The minimum Gasteiger partial charge on any atom is -0.494 e. The maximum absolute atomic E-state index is 5.58. The van der Waals surface area contributed by atoms with Gasteiger partial charge in [-0.3, -0.25) is 0 Å². The van der Waals surface area contributed by atoms with E-state index in [1.807, 2.05) is 48.0 Å². The molecular weight excluding hydrogens is 378 g/mol. The van der Waals surface area contributed by atoms with E-state index in [0.29, 0.717) is 0 Å². The van der Waals surface area contributed by atoms with Crippen molar-refractivity contribution in [3.63, 3.8) is 0 Å².